The van der Waals surface area contributed by atoms with E-state index in [1.54, 1.807) is 36.4 Å². The Bertz CT molecular complexity index is 453. The van der Waals surface area contributed by atoms with Gasteiger partial charge in [0.1, 0.15) is 0 Å². The van der Waals surface area contributed by atoms with Crippen LogP contribution in [0.3, 0.4) is 0 Å². The first kappa shape index (κ1) is 13.3. The van der Waals surface area contributed by atoms with Crippen molar-refractivity contribution in [2.75, 3.05) is 0 Å². The van der Waals surface area contributed by atoms with E-state index in [-0.39, 0.29) is 12.8 Å². The van der Waals surface area contributed by atoms with Gasteiger partial charge >= 0.3 is 6.18 Å². The summed E-state index contributed by atoms with van der Waals surface area (Å²) in [4.78, 5) is 0.465. The second-order valence-corrected chi connectivity index (χ2v) is 5.91. The van der Waals surface area contributed by atoms with Crippen molar-refractivity contribution in [3.05, 3.63) is 42.5 Å². The molecule has 0 aromatic heterocycles. The summed E-state index contributed by atoms with van der Waals surface area (Å²) in [6, 6.07) is 8.36. The van der Waals surface area contributed by atoms with E-state index in [0.717, 1.165) is 0 Å². The van der Waals surface area contributed by atoms with Gasteiger partial charge in [-0.1, -0.05) is 30.4 Å². The average Bonchev–Trinajstić information content (AvgIpc) is 2.38. The Hall–Kier alpha value is -1.10. The molecule has 0 saturated heterocycles. The Morgan fingerprint density at radius 2 is 1.67 bits per heavy atom. The first-order chi connectivity index (χ1) is 8.50. The summed E-state index contributed by atoms with van der Waals surface area (Å²) in [5, 5.41) is -0.877. The lowest BCUT2D eigenvalue weighted by Crippen LogP contribution is -2.37. The van der Waals surface area contributed by atoms with Crippen molar-refractivity contribution in [3.63, 3.8) is 0 Å². The minimum absolute atomic E-state index is 0.0766. The SMILES string of the molecule is O=S(c1ccccc1)[C@H]1CC=CC[C@@H]1C(F)(F)F. The second-order valence-electron chi connectivity index (χ2n) is 4.24. The largest absolute Gasteiger partial charge is 0.393 e. The molecular weight excluding hydrogens is 261 g/mol. The van der Waals surface area contributed by atoms with Gasteiger partial charge in [0.2, 0.25) is 0 Å². The van der Waals surface area contributed by atoms with Crippen LogP contribution in [0.1, 0.15) is 12.8 Å². The van der Waals surface area contributed by atoms with Crippen LogP contribution in [0, 0.1) is 5.92 Å². The molecule has 1 aromatic rings. The molecule has 0 N–H and O–H groups in total. The maximum absolute atomic E-state index is 12.9. The minimum Gasteiger partial charge on any atom is -0.254 e. The smallest absolute Gasteiger partial charge is 0.254 e. The Kier molecular flexibility index (Phi) is 3.90. The van der Waals surface area contributed by atoms with Crippen molar-refractivity contribution in [1.82, 2.24) is 0 Å². The highest BCUT2D eigenvalue weighted by atomic mass is 32.2. The molecule has 0 aliphatic heterocycles. The first-order valence-electron chi connectivity index (χ1n) is 5.67. The topological polar surface area (TPSA) is 17.1 Å². The Labute approximate surface area is 106 Å². The van der Waals surface area contributed by atoms with Gasteiger partial charge in [0.15, 0.2) is 0 Å². The highest BCUT2D eigenvalue weighted by molar-refractivity contribution is 7.85. The Morgan fingerprint density at radius 3 is 2.28 bits per heavy atom. The van der Waals surface area contributed by atoms with Crippen molar-refractivity contribution in [2.24, 2.45) is 5.92 Å². The van der Waals surface area contributed by atoms with Crippen molar-refractivity contribution in [1.29, 1.82) is 0 Å². The highest BCUT2D eigenvalue weighted by Gasteiger charge is 2.46. The van der Waals surface area contributed by atoms with Crippen LogP contribution in [0.4, 0.5) is 13.2 Å². The van der Waals surface area contributed by atoms with Gasteiger partial charge in [0.25, 0.3) is 0 Å². The maximum Gasteiger partial charge on any atom is 0.393 e. The third-order valence-corrected chi connectivity index (χ3v) is 4.85. The maximum atomic E-state index is 12.9. The third kappa shape index (κ3) is 2.83. The quantitative estimate of drug-likeness (QED) is 0.752. The van der Waals surface area contributed by atoms with E-state index in [9.17, 15) is 17.4 Å². The summed E-state index contributed by atoms with van der Waals surface area (Å²) < 4.78 is 50.9. The third-order valence-electron chi connectivity index (χ3n) is 3.04. The number of alkyl halides is 3. The number of rotatable bonds is 2. The van der Waals surface area contributed by atoms with Gasteiger partial charge in [-0.15, -0.1) is 0 Å². The van der Waals surface area contributed by atoms with Crippen LogP contribution in [-0.4, -0.2) is 15.6 Å². The van der Waals surface area contributed by atoms with Gasteiger partial charge in [-0.05, 0) is 25.0 Å². The number of halogens is 3. The molecule has 0 amide bonds. The van der Waals surface area contributed by atoms with Crippen LogP contribution >= 0.6 is 0 Å². The van der Waals surface area contributed by atoms with Crippen LogP contribution < -0.4 is 0 Å². The standard InChI is InChI=1S/C13H13F3OS/c14-13(15,16)11-8-4-5-9-12(11)18(17)10-6-2-1-3-7-10/h1-7,11-12H,8-9H2/t11-,12-,18?/m0/s1. The van der Waals surface area contributed by atoms with E-state index in [1.165, 1.54) is 6.08 Å². The summed E-state index contributed by atoms with van der Waals surface area (Å²) in [5.74, 6) is -1.51. The number of benzene rings is 1. The molecule has 98 valence electrons. The van der Waals surface area contributed by atoms with E-state index in [0.29, 0.717) is 4.90 Å². The van der Waals surface area contributed by atoms with Crippen molar-refractivity contribution < 1.29 is 17.4 Å². The molecule has 1 nitrogen and oxygen atoms in total. The molecule has 1 unspecified atom stereocenters. The summed E-state index contributed by atoms with van der Waals surface area (Å²) in [6.45, 7) is 0. The Morgan fingerprint density at radius 1 is 1.06 bits per heavy atom. The van der Waals surface area contributed by atoms with Crippen LogP contribution in [-0.2, 0) is 10.8 Å². The minimum atomic E-state index is -4.29. The van der Waals surface area contributed by atoms with Crippen LogP contribution in [0.5, 0.6) is 0 Å². The molecule has 0 radical (unpaired) electrons. The molecule has 1 aliphatic carbocycles. The van der Waals surface area contributed by atoms with Gasteiger partial charge in [-0.25, -0.2) is 0 Å². The molecule has 1 aliphatic rings. The molecule has 0 spiro atoms. The zero-order valence-electron chi connectivity index (χ0n) is 9.56. The number of hydrogen-bond acceptors (Lipinski definition) is 1. The fourth-order valence-electron chi connectivity index (χ4n) is 2.10. The van der Waals surface area contributed by atoms with Gasteiger partial charge in [-0.3, -0.25) is 4.21 Å². The average molecular weight is 274 g/mol. The van der Waals surface area contributed by atoms with E-state index in [2.05, 4.69) is 0 Å². The molecule has 3 atom stereocenters. The fourth-order valence-corrected chi connectivity index (χ4v) is 3.72. The molecular formula is C13H13F3OS. The zero-order valence-corrected chi connectivity index (χ0v) is 10.4. The van der Waals surface area contributed by atoms with Crippen LogP contribution in [0.25, 0.3) is 0 Å². The highest BCUT2D eigenvalue weighted by Crippen LogP contribution is 2.38. The van der Waals surface area contributed by atoms with Crippen molar-refractivity contribution in [2.45, 2.75) is 29.2 Å². The Balaban J connectivity index is 2.26. The van der Waals surface area contributed by atoms with Crippen LogP contribution in [0.2, 0.25) is 0 Å². The summed E-state index contributed by atoms with van der Waals surface area (Å²) >= 11 is 0. The fraction of sp³-hybridized carbons (Fsp3) is 0.385. The van der Waals surface area contributed by atoms with Crippen LogP contribution in [0.15, 0.2) is 47.4 Å². The van der Waals surface area contributed by atoms with Gasteiger partial charge < -0.3 is 0 Å². The summed E-state index contributed by atoms with van der Waals surface area (Å²) in [5.41, 5.74) is 0. The van der Waals surface area contributed by atoms with E-state index >= 15 is 0 Å². The molecule has 0 fully saturated rings. The molecule has 0 bridgehead atoms. The number of hydrogen-bond donors (Lipinski definition) is 0. The van der Waals surface area contributed by atoms with E-state index in [4.69, 9.17) is 0 Å². The monoisotopic (exact) mass is 274 g/mol. The van der Waals surface area contributed by atoms with Gasteiger partial charge in [0.05, 0.1) is 22.0 Å². The van der Waals surface area contributed by atoms with Gasteiger partial charge in [0, 0.05) is 4.90 Å². The first-order valence-corrected chi connectivity index (χ1v) is 6.89. The van der Waals surface area contributed by atoms with Crippen molar-refractivity contribution >= 4 is 10.8 Å². The lowest BCUT2D eigenvalue weighted by Gasteiger charge is -2.29. The zero-order chi connectivity index (χ0) is 13.2. The van der Waals surface area contributed by atoms with Crippen molar-refractivity contribution in [3.8, 4) is 0 Å². The predicted octanol–water partition coefficient (Wildman–Crippen LogP) is 3.69. The molecule has 0 heterocycles. The lowest BCUT2D eigenvalue weighted by molar-refractivity contribution is -0.174. The lowest BCUT2D eigenvalue weighted by atomic mass is 9.93. The number of allylic oxidation sites excluding steroid dienone is 2. The molecule has 5 heteroatoms. The predicted molar refractivity (Wildman–Crippen MR) is 64.6 cm³/mol. The van der Waals surface area contributed by atoms with E-state index < -0.39 is 28.1 Å². The molecule has 0 saturated carbocycles. The summed E-state index contributed by atoms with van der Waals surface area (Å²) in [7, 11) is -1.62. The molecule has 18 heavy (non-hydrogen) atoms. The molecule has 2 rings (SSSR count). The van der Waals surface area contributed by atoms with E-state index in [1.807, 2.05) is 0 Å². The summed E-state index contributed by atoms with van der Waals surface area (Å²) in [6.07, 6.45) is -0.942. The second kappa shape index (κ2) is 5.26. The normalized spacial score (nSPS) is 25.9. The van der Waals surface area contributed by atoms with Gasteiger partial charge in [-0.2, -0.15) is 13.2 Å². The molecule has 1 aromatic carbocycles.